The summed E-state index contributed by atoms with van der Waals surface area (Å²) >= 11 is 0. The van der Waals surface area contributed by atoms with Crippen LogP contribution in [-0.2, 0) is 30.4 Å². The smallest absolute Gasteiger partial charge is 0.119 e. The summed E-state index contributed by atoms with van der Waals surface area (Å²) in [6.07, 6.45) is -0.0164. The van der Waals surface area contributed by atoms with E-state index >= 15 is 0 Å². The first kappa shape index (κ1) is 24.2. The van der Waals surface area contributed by atoms with E-state index in [1.165, 1.54) is 27.8 Å². The fourth-order valence-corrected chi connectivity index (χ4v) is 5.37. The van der Waals surface area contributed by atoms with Crippen molar-refractivity contribution >= 4 is 0 Å². The first-order chi connectivity index (χ1) is 16.0. The zero-order valence-electron chi connectivity index (χ0n) is 19.5. The molecule has 0 bridgehead atoms. The summed E-state index contributed by atoms with van der Waals surface area (Å²) in [5.74, 6) is 0.854. The molecule has 1 aliphatic heterocycles. The van der Waals surface area contributed by atoms with Gasteiger partial charge in [0.05, 0.1) is 13.2 Å². The van der Waals surface area contributed by atoms with Crippen molar-refractivity contribution in [1.82, 2.24) is 0 Å². The molecule has 0 saturated carbocycles. The van der Waals surface area contributed by atoms with E-state index in [-0.39, 0.29) is 0 Å². The molecule has 2 aliphatic rings. The first-order valence-electron chi connectivity index (χ1n) is 12.2. The highest BCUT2D eigenvalue weighted by molar-refractivity contribution is 5.51. The Labute approximate surface area is 195 Å². The molecule has 0 unspecified atom stereocenters. The van der Waals surface area contributed by atoms with Crippen molar-refractivity contribution in [2.75, 3.05) is 13.2 Å². The van der Waals surface area contributed by atoms with E-state index in [0.717, 1.165) is 49.8 Å². The maximum absolute atomic E-state index is 10.8. The second-order valence-corrected chi connectivity index (χ2v) is 9.17. The molecule has 6 heteroatoms. The summed E-state index contributed by atoms with van der Waals surface area (Å²) in [7, 11) is 0. The predicted molar refractivity (Wildman–Crippen MR) is 126 cm³/mol. The molecule has 5 atom stereocenters. The topological polar surface area (TPSA) is 99.4 Å². The highest BCUT2D eigenvalue weighted by Crippen LogP contribution is 2.40. The predicted octanol–water partition coefficient (Wildman–Crippen LogP) is 2.63. The van der Waals surface area contributed by atoms with Crippen molar-refractivity contribution in [2.45, 2.75) is 82.9 Å². The third-order valence-electron chi connectivity index (χ3n) is 6.98. The Morgan fingerprint density at radius 3 is 2.36 bits per heavy atom. The lowest BCUT2D eigenvalue weighted by Crippen LogP contribution is -2.55. The highest BCUT2D eigenvalue weighted by atomic mass is 16.5. The third kappa shape index (κ3) is 4.81. The molecule has 4 rings (SSSR count). The average molecular weight is 457 g/mol. The van der Waals surface area contributed by atoms with E-state index < -0.39 is 37.1 Å². The van der Waals surface area contributed by atoms with Gasteiger partial charge in [-0.2, -0.15) is 0 Å². The summed E-state index contributed by atoms with van der Waals surface area (Å²) in [5.41, 5.74) is 7.17. The number of aliphatic hydroxyl groups excluding tert-OH is 4. The second kappa shape index (κ2) is 10.5. The van der Waals surface area contributed by atoms with Gasteiger partial charge in [0.15, 0.2) is 0 Å². The fraction of sp³-hybridized carbons (Fsp3) is 0.556. The minimum Gasteiger partial charge on any atom is -0.494 e. The second-order valence-electron chi connectivity index (χ2n) is 9.17. The lowest BCUT2D eigenvalue weighted by molar-refractivity contribution is -0.231. The van der Waals surface area contributed by atoms with Gasteiger partial charge in [0.25, 0.3) is 0 Å². The molecule has 1 fully saturated rings. The molecule has 2 aromatic rings. The molecule has 1 aliphatic carbocycles. The van der Waals surface area contributed by atoms with Crippen LogP contribution in [0.15, 0.2) is 30.3 Å². The highest BCUT2D eigenvalue weighted by Gasteiger charge is 2.45. The molecule has 2 aromatic carbocycles. The van der Waals surface area contributed by atoms with E-state index in [2.05, 4.69) is 25.1 Å². The molecular weight excluding hydrogens is 420 g/mol. The van der Waals surface area contributed by atoms with Crippen molar-refractivity contribution in [3.63, 3.8) is 0 Å². The van der Waals surface area contributed by atoms with Crippen molar-refractivity contribution in [1.29, 1.82) is 0 Å². The Hall–Kier alpha value is -1.96. The van der Waals surface area contributed by atoms with Crippen molar-refractivity contribution < 1.29 is 29.9 Å². The normalized spacial score (nSPS) is 26.9. The number of fused-ring (bicyclic) bond motifs is 1. The van der Waals surface area contributed by atoms with Crippen molar-refractivity contribution in [3.8, 4) is 5.75 Å². The lowest BCUT2D eigenvalue weighted by Gasteiger charge is -2.41. The molecule has 6 nitrogen and oxygen atoms in total. The maximum atomic E-state index is 10.8. The first-order valence-corrected chi connectivity index (χ1v) is 12.2. The van der Waals surface area contributed by atoms with Gasteiger partial charge >= 0.3 is 0 Å². The Bertz CT molecular complexity index is 939. The van der Waals surface area contributed by atoms with Gasteiger partial charge in [-0.1, -0.05) is 31.5 Å². The number of hydrogen-bond acceptors (Lipinski definition) is 6. The van der Waals surface area contributed by atoms with Gasteiger partial charge in [-0.25, -0.2) is 0 Å². The summed E-state index contributed by atoms with van der Waals surface area (Å²) in [6, 6.07) is 10.3. The Balaban J connectivity index is 1.75. The molecule has 0 aromatic heterocycles. The van der Waals surface area contributed by atoms with Crippen molar-refractivity contribution in [2.24, 2.45) is 0 Å². The molecule has 180 valence electrons. The largest absolute Gasteiger partial charge is 0.494 e. The molecule has 1 heterocycles. The van der Waals surface area contributed by atoms with Gasteiger partial charge in [-0.3, -0.25) is 0 Å². The fourth-order valence-electron chi connectivity index (χ4n) is 5.37. The number of ether oxygens (including phenoxy) is 2. The SMILES string of the molecule is CCCc1c([C@@H]2O[C@H](CO)[C@@H](O)[C@H](O)[C@H]2O)cc(Cc2ccc(OCC)cc2)c2c1CCC2. The zero-order chi connectivity index (χ0) is 23.5. The van der Waals surface area contributed by atoms with Gasteiger partial charge in [-0.05, 0) is 84.5 Å². The zero-order valence-corrected chi connectivity index (χ0v) is 19.5. The van der Waals surface area contributed by atoms with Crippen LogP contribution in [0.4, 0.5) is 0 Å². The van der Waals surface area contributed by atoms with E-state index in [4.69, 9.17) is 9.47 Å². The Morgan fingerprint density at radius 1 is 0.970 bits per heavy atom. The third-order valence-corrected chi connectivity index (χ3v) is 6.98. The van der Waals surface area contributed by atoms with Gasteiger partial charge < -0.3 is 29.9 Å². The van der Waals surface area contributed by atoms with Gasteiger partial charge in [0.2, 0.25) is 0 Å². The minimum absolute atomic E-state index is 0.422. The number of rotatable bonds is 8. The van der Waals surface area contributed by atoms with Gasteiger partial charge in [0, 0.05) is 0 Å². The maximum Gasteiger partial charge on any atom is 0.119 e. The van der Waals surface area contributed by atoms with Gasteiger partial charge in [0.1, 0.15) is 36.3 Å². The monoisotopic (exact) mass is 456 g/mol. The summed E-state index contributed by atoms with van der Waals surface area (Å²) < 4.78 is 11.6. The van der Waals surface area contributed by atoms with Crippen molar-refractivity contribution in [3.05, 3.63) is 63.7 Å². The van der Waals surface area contributed by atoms with E-state index in [1.54, 1.807) is 0 Å². The van der Waals surface area contributed by atoms with Crippen LogP contribution in [0.1, 0.15) is 66.2 Å². The summed E-state index contributed by atoms with van der Waals surface area (Å²) in [4.78, 5) is 0. The van der Waals surface area contributed by atoms with Crippen LogP contribution in [0.5, 0.6) is 5.75 Å². The minimum atomic E-state index is -1.38. The molecule has 33 heavy (non-hydrogen) atoms. The van der Waals surface area contributed by atoms with Crippen LogP contribution in [0.2, 0.25) is 0 Å². The van der Waals surface area contributed by atoms with E-state index in [1.807, 2.05) is 19.1 Å². The summed E-state index contributed by atoms with van der Waals surface area (Å²) in [5, 5.41) is 41.2. The van der Waals surface area contributed by atoms with Crippen LogP contribution in [0.25, 0.3) is 0 Å². The molecule has 0 radical (unpaired) electrons. The van der Waals surface area contributed by atoms with Crippen LogP contribution >= 0.6 is 0 Å². The quantitative estimate of drug-likeness (QED) is 0.487. The van der Waals surface area contributed by atoms with E-state index in [0.29, 0.717) is 6.61 Å². The van der Waals surface area contributed by atoms with E-state index in [9.17, 15) is 20.4 Å². The standard InChI is InChI=1S/C27H36O6/c1-3-6-20-21-8-5-7-19(21)17(13-16-9-11-18(12-10-16)32-4-2)14-22(20)27-26(31)25(30)24(29)23(15-28)33-27/h9-12,14,23-31H,3-8,13,15H2,1-2H3/t23-,24-,25+,26-,27+/m1/s1. The Kier molecular flexibility index (Phi) is 7.72. The number of benzene rings is 2. The number of aliphatic hydroxyl groups is 4. The number of hydrogen-bond donors (Lipinski definition) is 4. The van der Waals surface area contributed by atoms with Crippen LogP contribution in [0.3, 0.4) is 0 Å². The summed E-state index contributed by atoms with van der Waals surface area (Å²) in [6.45, 7) is 4.31. The molecule has 0 spiro atoms. The molecule has 4 N–H and O–H groups in total. The van der Waals surface area contributed by atoms with Crippen LogP contribution < -0.4 is 4.74 Å². The van der Waals surface area contributed by atoms with Gasteiger partial charge in [-0.15, -0.1) is 0 Å². The van der Waals surface area contributed by atoms with Crippen LogP contribution in [-0.4, -0.2) is 58.1 Å². The molecule has 1 saturated heterocycles. The lowest BCUT2D eigenvalue weighted by atomic mass is 9.82. The average Bonchev–Trinajstić information content (AvgIpc) is 3.31. The Morgan fingerprint density at radius 2 is 1.70 bits per heavy atom. The van der Waals surface area contributed by atoms with Crippen LogP contribution in [0, 0.1) is 0 Å². The molecule has 0 amide bonds. The molecular formula is C27H36O6.